The van der Waals surface area contributed by atoms with Gasteiger partial charge in [0.2, 0.25) is 0 Å². The van der Waals surface area contributed by atoms with E-state index in [1.54, 1.807) is 27.7 Å². The molecule has 0 aliphatic carbocycles. The zero-order chi connectivity index (χ0) is 20.8. The molecule has 0 radical (unpaired) electrons. The summed E-state index contributed by atoms with van der Waals surface area (Å²) >= 11 is 0. The Hall–Kier alpha value is -3.04. The summed E-state index contributed by atoms with van der Waals surface area (Å²) in [5.74, 6) is -1.18. The lowest BCUT2D eigenvalue weighted by Crippen LogP contribution is -2.36. The Bertz CT molecular complexity index is 600. The lowest BCUT2D eigenvalue weighted by Gasteiger charge is -2.17. The minimum atomic E-state index is -0.803. The average molecular weight is 384 g/mol. The van der Waals surface area contributed by atoms with Crippen molar-refractivity contribution in [3.8, 4) is 0 Å². The number of carbonyl (C=O) groups excluding carboxylic acids is 4. The topological polar surface area (TPSA) is 135 Å². The van der Waals surface area contributed by atoms with E-state index in [-0.39, 0.29) is 19.3 Å². The van der Waals surface area contributed by atoms with E-state index in [2.05, 4.69) is 30.7 Å². The lowest BCUT2D eigenvalue weighted by atomic mass is 10.3. The van der Waals surface area contributed by atoms with E-state index in [1.807, 2.05) is 6.92 Å². The van der Waals surface area contributed by atoms with Crippen molar-refractivity contribution in [2.24, 2.45) is 0 Å². The highest BCUT2D eigenvalue weighted by atomic mass is 16.6. The Morgan fingerprint density at radius 1 is 0.852 bits per heavy atom. The first kappa shape index (κ1) is 24.0. The van der Waals surface area contributed by atoms with Gasteiger partial charge in [-0.2, -0.15) is 0 Å². The molecule has 0 fully saturated rings. The molecule has 0 aromatic heterocycles. The van der Waals surface area contributed by atoms with Crippen molar-refractivity contribution in [1.82, 2.24) is 21.3 Å². The Labute approximate surface area is 158 Å². The van der Waals surface area contributed by atoms with Crippen LogP contribution in [0.5, 0.6) is 0 Å². The number of amides is 4. The summed E-state index contributed by atoms with van der Waals surface area (Å²) in [6, 6.07) is -0.0897. The van der Waals surface area contributed by atoms with Crippen LogP contribution in [-0.2, 0) is 19.1 Å². The van der Waals surface area contributed by atoms with Crippen molar-refractivity contribution in [3.63, 3.8) is 0 Å². The van der Waals surface area contributed by atoms with Crippen LogP contribution in [0.1, 0.15) is 34.6 Å². The first-order valence-corrected chi connectivity index (χ1v) is 8.50. The summed E-state index contributed by atoms with van der Waals surface area (Å²) in [7, 11) is 0. The van der Waals surface area contributed by atoms with Gasteiger partial charge < -0.3 is 20.1 Å². The molecule has 0 spiro atoms. The van der Waals surface area contributed by atoms with Crippen LogP contribution < -0.4 is 21.3 Å². The van der Waals surface area contributed by atoms with Gasteiger partial charge in [-0.1, -0.05) is 0 Å². The average Bonchev–Trinajstić information content (AvgIpc) is 2.52. The van der Waals surface area contributed by atoms with E-state index >= 15 is 0 Å². The maximum atomic E-state index is 11.6. The monoisotopic (exact) mass is 384 g/mol. The molecular weight excluding hydrogens is 356 g/mol. The summed E-state index contributed by atoms with van der Waals surface area (Å²) in [6.45, 7) is 9.28. The molecule has 0 bridgehead atoms. The molecular formula is C17H28N4O6. The molecule has 0 aliphatic rings. The fourth-order valence-electron chi connectivity index (χ4n) is 1.85. The summed E-state index contributed by atoms with van der Waals surface area (Å²) in [5, 5.41) is 10.2. The maximum Gasteiger partial charge on any atom is 0.414 e. The number of imide groups is 2. The summed E-state index contributed by atoms with van der Waals surface area (Å²) in [4.78, 5) is 45.5. The number of hydrogen-bond acceptors (Lipinski definition) is 8. The normalized spacial score (nSPS) is 12.5. The number of allylic oxidation sites excluding steroid dienone is 2. The Morgan fingerprint density at radius 3 is 1.74 bits per heavy atom. The van der Waals surface area contributed by atoms with Crippen molar-refractivity contribution < 1.29 is 28.7 Å². The van der Waals surface area contributed by atoms with E-state index in [0.29, 0.717) is 17.9 Å². The predicted molar refractivity (Wildman–Crippen MR) is 98.4 cm³/mol. The second kappa shape index (κ2) is 13.2. The smallest absolute Gasteiger partial charge is 0.414 e. The second-order valence-corrected chi connectivity index (χ2v) is 5.50. The van der Waals surface area contributed by atoms with Crippen molar-refractivity contribution in [2.45, 2.75) is 40.7 Å². The molecule has 10 nitrogen and oxygen atoms in total. The molecule has 0 aromatic carbocycles. The third-order valence-electron chi connectivity index (χ3n) is 2.86. The number of nitrogens with one attached hydrogen (secondary N) is 4. The summed E-state index contributed by atoms with van der Waals surface area (Å²) < 4.78 is 9.22. The minimum absolute atomic E-state index is 0.0897. The van der Waals surface area contributed by atoms with Gasteiger partial charge in [-0.3, -0.25) is 20.2 Å². The fraction of sp³-hybridized carbons (Fsp3) is 0.529. The molecule has 0 aromatic rings. The van der Waals surface area contributed by atoms with Crippen molar-refractivity contribution >= 4 is 24.0 Å². The Balaban J connectivity index is 4.35. The van der Waals surface area contributed by atoms with Gasteiger partial charge in [-0.25, -0.2) is 9.59 Å². The third kappa shape index (κ3) is 12.9. The van der Waals surface area contributed by atoms with Gasteiger partial charge in [-0.05, 0) is 34.6 Å². The van der Waals surface area contributed by atoms with Gasteiger partial charge in [0.1, 0.15) is 0 Å². The first-order chi connectivity index (χ1) is 12.7. The zero-order valence-corrected chi connectivity index (χ0v) is 16.3. The van der Waals surface area contributed by atoms with E-state index in [9.17, 15) is 19.2 Å². The van der Waals surface area contributed by atoms with Crippen molar-refractivity contribution in [1.29, 1.82) is 0 Å². The highest BCUT2D eigenvalue weighted by Crippen LogP contribution is 1.94. The maximum absolute atomic E-state index is 11.6. The fourth-order valence-corrected chi connectivity index (χ4v) is 1.85. The van der Waals surface area contributed by atoms with Gasteiger partial charge in [-0.15, -0.1) is 0 Å². The number of alkyl carbamates (subject to hydrolysis) is 2. The molecule has 1 atom stereocenters. The van der Waals surface area contributed by atoms with Crippen molar-refractivity contribution in [3.05, 3.63) is 23.5 Å². The van der Waals surface area contributed by atoms with Gasteiger partial charge in [0.05, 0.1) is 13.2 Å². The van der Waals surface area contributed by atoms with Crippen LogP contribution in [0.3, 0.4) is 0 Å². The van der Waals surface area contributed by atoms with E-state index in [0.717, 1.165) is 0 Å². The van der Waals surface area contributed by atoms with Crippen LogP contribution in [0.25, 0.3) is 0 Å². The third-order valence-corrected chi connectivity index (χ3v) is 2.86. The van der Waals surface area contributed by atoms with E-state index < -0.39 is 24.0 Å². The van der Waals surface area contributed by atoms with Gasteiger partial charge >= 0.3 is 12.2 Å². The van der Waals surface area contributed by atoms with E-state index in [1.165, 1.54) is 12.2 Å². The highest BCUT2D eigenvalue weighted by molar-refractivity contribution is 5.99. The van der Waals surface area contributed by atoms with E-state index in [4.69, 9.17) is 0 Å². The molecule has 4 amide bonds. The van der Waals surface area contributed by atoms with Crippen LogP contribution in [-0.4, -0.2) is 49.8 Å². The SMILES string of the molecule is CCOC(=O)NC(=O)/C=C(/C)N[C@@H](C)CN/C(C)=C/C(=O)NC(=O)OCC. The molecule has 0 rings (SSSR count). The van der Waals surface area contributed by atoms with Crippen LogP contribution in [0.15, 0.2) is 23.5 Å². The van der Waals surface area contributed by atoms with Gasteiger partial charge in [0.25, 0.3) is 11.8 Å². The summed E-state index contributed by atoms with van der Waals surface area (Å²) in [5.41, 5.74) is 1.10. The molecule has 27 heavy (non-hydrogen) atoms. The van der Waals surface area contributed by atoms with Crippen molar-refractivity contribution in [2.75, 3.05) is 19.8 Å². The van der Waals surface area contributed by atoms with Crippen LogP contribution in [0.2, 0.25) is 0 Å². The lowest BCUT2D eigenvalue weighted by molar-refractivity contribution is -0.116. The van der Waals surface area contributed by atoms with Gasteiger partial charge in [0, 0.05) is 36.1 Å². The number of rotatable bonds is 9. The summed E-state index contributed by atoms with van der Waals surface area (Å²) in [6.07, 6.45) is 0.869. The number of carbonyl (C=O) groups is 4. The highest BCUT2D eigenvalue weighted by Gasteiger charge is 2.08. The van der Waals surface area contributed by atoms with Crippen LogP contribution in [0.4, 0.5) is 9.59 Å². The predicted octanol–water partition coefficient (Wildman–Crippen LogP) is 0.907. The molecule has 0 heterocycles. The van der Waals surface area contributed by atoms with Crippen LogP contribution in [0, 0.1) is 0 Å². The first-order valence-electron chi connectivity index (χ1n) is 8.50. The second-order valence-electron chi connectivity index (χ2n) is 5.50. The standard InChI is InChI=1S/C17H28N4O6/c1-6-26-16(24)20-14(22)8-11(3)18-10-13(5)19-12(4)9-15(23)21-17(25)27-7-2/h8-9,13,18-19H,6-7,10H2,1-5H3,(H,20,22,24)(H,21,23,25)/b11-8+,12-9-/t13-/m0/s1. The molecule has 10 heteroatoms. The Kier molecular flexibility index (Phi) is 11.7. The van der Waals surface area contributed by atoms with Crippen LogP contribution >= 0.6 is 0 Å². The molecule has 0 saturated carbocycles. The molecule has 152 valence electrons. The molecule has 0 unspecified atom stereocenters. The quantitative estimate of drug-likeness (QED) is 0.431. The molecule has 0 aliphatic heterocycles. The zero-order valence-electron chi connectivity index (χ0n) is 16.3. The van der Waals surface area contributed by atoms with Gasteiger partial charge in [0.15, 0.2) is 0 Å². The number of hydrogen-bond donors (Lipinski definition) is 4. The molecule has 0 saturated heterocycles. The number of ether oxygens (including phenoxy) is 2. The minimum Gasteiger partial charge on any atom is -0.450 e. The Morgan fingerprint density at radius 2 is 1.30 bits per heavy atom. The molecule has 4 N–H and O–H groups in total. The largest absolute Gasteiger partial charge is 0.450 e.